The maximum atomic E-state index is 5.72. The number of fused-ring (bicyclic) bond motifs is 1. The van der Waals surface area contributed by atoms with E-state index in [-0.39, 0.29) is 0 Å². The third-order valence-electron chi connectivity index (χ3n) is 3.98. The first-order chi connectivity index (χ1) is 9.21. The standard InChI is InChI=1S/C16H25N3/c1-4-6-7-13(5-2)16-18-14-9-8-12(11-17)10-15(14)19(16)3/h8-10,13H,4-7,11,17H2,1-3H3. The molecule has 104 valence electrons. The van der Waals surface area contributed by atoms with E-state index < -0.39 is 0 Å². The minimum atomic E-state index is 0.568. The van der Waals surface area contributed by atoms with Crippen LogP contribution in [0.15, 0.2) is 18.2 Å². The van der Waals surface area contributed by atoms with Gasteiger partial charge in [0.15, 0.2) is 0 Å². The molecule has 19 heavy (non-hydrogen) atoms. The van der Waals surface area contributed by atoms with Crippen LogP contribution >= 0.6 is 0 Å². The average molecular weight is 259 g/mol. The molecule has 2 aromatic rings. The molecule has 1 aromatic heterocycles. The summed E-state index contributed by atoms with van der Waals surface area (Å²) in [5.41, 5.74) is 9.18. The van der Waals surface area contributed by atoms with Crippen molar-refractivity contribution < 1.29 is 0 Å². The van der Waals surface area contributed by atoms with E-state index in [1.807, 2.05) is 0 Å². The molecule has 0 fully saturated rings. The SMILES string of the molecule is CCCCC(CC)c1nc2ccc(CN)cc2n1C. The van der Waals surface area contributed by atoms with Crippen LogP contribution in [0.25, 0.3) is 11.0 Å². The van der Waals surface area contributed by atoms with Gasteiger partial charge in [-0.25, -0.2) is 4.98 Å². The molecule has 0 radical (unpaired) electrons. The van der Waals surface area contributed by atoms with Crippen molar-refractivity contribution in [1.82, 2.24) is 9.55 Å². The fourth-order valence-electron chi connectivity index (χ4n) is 2.71. The van der Waals surface area contributed by atoms with Gasteiger partial charge in [-0.05, 0) is 30.5 Å². The number of nitrogens with zero attached hydrogens (tertiary/aromatic N) is 2. The molecule has 2 N–H and O–H groups in total. The van der Waals surface area contributed by atoms with Gasteiger partial charge in [-0.2, -0.15) is 0 Å². The highest BCUT2D eigenvalue weighted by Crippen LogP contribution is 2.27. The molecule has 0 aliphatic carbocycles. The van der Waals surface area contributed by atoms with Crippen molar-refractivity contribution in [3.63, 3.8) is 0 Å². The lowest BCUT2D eigenvalue weighted by Crippen LogP contribution is -2.05. The van der Waals surface area contributed by atoms with Gasteiger partial charge >= 0.3 is 0 Å². The van der Waals surface area contributed by atoms with Crippen molar-refractivity contribution >= 4 is 11.0 Å². The number of imidazole rings is 1. The summed E-state index contributed by atoms with van der Waals surface area (Å²) >= 11 is 0. The summed E-state index contributed by atoms with van der Waals surface area (Å²) < 4.78 is 2.25. The second kappa shape index (κ2) is 6.20. The summed E-state index contributed by atoms with van der Waals surface area (Å²) in [6.45, 7) is 5.09. The zero-order valence-corrected chi connectivity index (χ0v) is 12.3. The lowest BCUT2D eigenvalue weighted by molar-refractivity contribution is 0.531. The van der Waals surface area contributed by atoms with E-state index in [1.165, 1.54) is 36.2 Å². The van der Waals surface area contributed by atoms with Gasteiger partial charge in [-0.15, -0.1) is 0 Å². The van der Waals surface area contributed by atoms with Gasteiger partial charge in [0.2, 0.25) is 0 Å². The number of nitrogens with two attached hydrogens (primary N) is 1. The number of unbranched alkanes of at least 4 members (excludes halogenated alkanes) is 1. The Labute approximate surface area is 115 Å². The highest BCUT2D eigenvalue weighted by molar-refractivity contribution is 5.77. The zero-order chi connectivity index (χ0) is 13.8. The van der Waals surface area contributed by atoms with Crippen LogP contribution < -0.4 is 5.73 Å². The molecular formula is C16H25N3. The predicted octanol–water partition coefficient (Wildman–Crippen LogP) is 3.72. The van der Waals surface area contributed by atoms with Gasteiger partial charge in [0.25, 0.3) is 0 Å². The lowest BCUT2D eigenvalue weighted by atomic mass is 9.98. The summed E-state index contributed by atoms with van der Waals surface area (Å²) in [5, 5.41) is 0. The van der Waals surface area contributed by atoms with E-state index in [4.69, 9.17) is 10.7 Å². The van der Waals surface area contributed by atoms with Crippen LogP contribution in [0.3, 0.4) is 0 Å². The molecule has 1 unspecified atom stereocenters. The molecular weight excluding hydrogens is 234 g/mol. The van der Waals surface area contributed by atoms with Crippen molar-refractivity contribution in [2.75, 3.05) is 0 Å². The Morgan fingerprint density at radius 1 is 1.32 bits per heavy atom. The summed E-state index contributed by atoms with van der Waals surface area (Å²) in [5.74, 6) is 1.79. The molecule has 0 spiro atoms. The summed E-state index contributed by atoms with van der Waals surface area (Å²) in [7, 11) is 2.12. The van der Waals surface area contributed by atoms with Crippen molar-refractivity contribution in [1.29, 1.82) is 0 Å². The Morgan fingerprint density at radius 3 is 2.74 bits per heavy atom. The van der Waals surface area contributed by atoms with E-state index >= 15 is 0 Å². The van der Waals surface area contributed by atoms with Crippen LogP contribution in [0.5, 0.6) is 0 Å². The molecule has 1 heterocycles. The molecule has 2 rings (SSSR count). The summed E-state index contributed by atoms with van der Waals surface area (Å²) in [6, 6.07) is 6.33. The highest BCUT2D eigenvalue weighted by Gasteiger charge is 2.16. The van der Waals surface area contributed by atoms with Crippen LogP contribution in [0, 0.1) is 0 Å². The van der Waals surface area contributed by atoms with Gasteiger partial charge in [-0.1, -0.05) is 32.8 Å². The number of aromatic nitrogens is 2. The Kier molecular flexibility index (Phi) is 4.59. The summed E-state index contributed by atoms with van der Waals surface area (Å²) in [4.78, 5) is 4.83. The Balaban J connectivity index is 2.40. The van der Waals surface area contributed by atoms with Crippen molar-refractivity contribution in [2.24, 2.45) is 12.8 Å². The second-order valence-corrected chi connectivity index (χ2v) is 5.30. The largest absolute Gasteiger partial charge is 0.331 e. The van der Waals surface area contributed by atoms with Crippen LogP contribution in [0.2, 0.25) is 0 Å². The zero-order valence-electron chi connectivity index (χ0n) is 12.3. The third-order valence-corrected chi connectivity index (χ3v) is 3.98. The minimum Gasteiger partial charge on any atom is -0.331 e. The van der Waals surface area contributed by atoms with E-state index in [9.17, 15) is 0 Å². The van der Waals surface area contributed by atoms with E-state index in [2.05, 4.69) is 43.7 Å². The van der Waals surface area contributed by atoms with E-state index in [1.54, 1.807) is 0 Å². The molecule has 0 aliphatic heterocycles. The molecule has 3 nitrogen and oxygen atoms in total. The van der Waals surface area contributed by atoms with Gasteiger partial charge in [0, 0.05) is 19.5 Å². The molecule has 0 bridgehead atoms. The number of benzene rings is 1. The van der Waals surface area contributed by atoms with Crippen LogP contribution in [-0.4, -0.2) is 9.55 Å². The topological polar surface area (TPSA) is 43.8 Å². The van der Waals surface area contributed by atoms with Gasteiger partial charge in [0.05, 0.1) is 11.0 Å². The van der Waals surface area contributed by atoms with E-state index in [0.717, 1.165) is 11.9 Å². The van der Waals surface area contributed by atoms with Crippen molar-refractivity contribution in [3.8, 4) is 0 Å². The van der Waals surface area contributed by atoms with Gasteiger partial charge < -0.3 is 10.3 Å². The lowest BCUT2D eigenvalue weighted by Gasteiger charge is -2.14. The molecule has 3 heteroatoms. The van der Waals surface area contributed by atoms with Crippen molar-refractivity contribution in [2.45, 2.75) is 52.0 Å². The Bertz CT molecular complexity index is 542. The molecule has 0 saturated carbocycles. The number of hydrogen-bond donors (Lipinski definition) is 1. The van der Waals surface area contributed by atoms with Gasteiger partial charge in [-0.3, -0.25) is 0 Å². The number of hydrogen-bond acceptors (Lipinski definition) is 2. The van der Waals surface area contributed by atoms with Gasteiger partial charge in [0.1, 0.15) is 5.82 Å². The highest BCUT2D eigenvalue weighted by atomic mass is 15.1. The van der Waals surface area contributed by atoms with E-state index in [0.29, 0.717) is 12.5 Å². The molecule has 0 saturated heterocycles. The fourth-order valence-corrected chi connectivity index (χ4v) is 2.71. The predicted molar refractivity (Wildman–Crippen MR) is 81.2 cm³/mol. The van der Waals surface area contributed by atoms with Crippen molar-refractivity contribution in [3.05, 3.63) is 29.6 Å². The summed E-state index contributed by atoms with van der Waals surface area (Å²) in [6.07, 6.45) is 4.91. The first-order valence-electron chi connectivity index (χ1n) is 7.36. The Hall–Kier alpha value is -1.35. The third kappa shape index (κ3) is 2.81. The normalized spacial score (nSPS) is 13.1. The molecule has 1 aromatic carbocycles. The van der Waals surface area contributed by atoms with Crippen LogP contribution in [0.4, 0.5) is 0 Å². The maximum Gasteiger partial charge on any atom is 0.112 e. The smallest absolute Gasteiger partial charge is 0.112 e. The Morgan fingerprint density at radius 2 is 2.11 bits per heavy atom. The molecule has 0 amide bonds. The second-order valence-electron chi connectivity index (χ2n) is 5.30. The first kappa shape index (κ1) is 14.1. The monoisotopic (exact) mass is 259 g/mol. The molecule has 1 atom stereocenters. The average Bonchev–Trinajstić information content (AvgIpc) is 2.77. The molecule has 0 aliphatic rings. The van der Waals surface area contributed by atoms with Crippen LogP contribution in [-0.2, 0) is 13.6 Å². The quantitative estimate of drug-likeness (QED) is 0.859. The maximum absolute atomic E-state index is 5.72. The minimum absolute atomic E-state index is 0.568. The fraction of sp³-hybridized carbons (Fsp3) is 0.562. The number of rotatable bonds is 6. The number of aryl methyl sites for hydroxylation is 1. The first-order valence-corrected chi connectivity index (χ1v) is 7.36. The van der Waals surface area contributed by atoms with Crippen LogP contribution in [0.1, 0.15) is 56.8 Å².